The third-order valence-corrected chi connectivity index (χ3v) is 2.34. The van der Waals surface area contributed by atoms with Crippen molar-refractivity contribution in [3.8, 4) is 0 Å². The zero-order valence-corrected chi connectivity index (χ0v) is 9.68. The molecule has 0 spiro atoms. The number of anilines is 1. The number of nitrogens with zero attached hydrogens (tertiary/aromatic N) is 2. The van der Waals surface area contributed by atoms with Crippen molar-refractivity contribution in [2.75, 3.05) is 11.2 Å². The lowest BCUT2D eigenvalue weighted by Gasteiger charge is -2.13. The standard InChI is InChI=1S/C10H15ClFN3/c1-3-8-9(12)10(14-6-13-8)15-7(2)4-5-11/h6-7H,3-5H2,1-2H3,(H,13,14,15). The zero-order valence-electron chi connectivity index (χ0n) is 8.93. The fourth-order valence-electron chi connectivity index (χ4n) is 1.22. The van der Waals surface area contributed by atoms with Gasteiger partial charge in [-0.05, 0) is 19.8 Å². The minimum Gasteiger partial charge on any atom is -0.365 e. The van der Waals surface area contributed by atoms with Crippen LogP contribution in [0.2, 0.25) is 0 Å². The van der Waals surface area contributed by atoms with Gasteiger partial charge in [-0.3, -0.25) is 0 Å². The molecule has 1 heterocycles. The highest BCUT2D eigenvalue weighted by atomic mass is 35.5. The third kappa shape index (κ3) is 3.30. The van der Waals surface area contributed by atoms with Crippen molar-refractivity contribution >= 4 is 17.4 Å². The number of aryl methyl sites for hydroxylation is 1. The number of alkyl halides is 1. The van der Waals surface area contributed by atoms with Crippen LogP contribution in [0.4, 0.5) is 10.2 Å². The molecule has 1 atom stereocenters. The van der Waals surface area contributed by atoms with Crippen molar-refractivity contribution in [2.45, 2.75) is 32.7 Å². The second-order valence-electron chi connectivity index (χ2n) is 3.36. The predicted molar refractivity (Wildman–Crippen MR) is 59.8 cm³/mol. The van der Waals surface area contributed by atoms with E-state index in [1.807, 2.05) is 13.8 Å². The van der Waals surface area contributed by atoms with Gasteiger partial charge in [-0.1, -0.05) is 6.92 Å². The Balaban J connectivity index is 2.76. The van der Waals surface area contributed by atoms with Gasteiger partial charge in [0.25, 0.3) is 0 Å². The Hall–Kier alpha value is -0.900. The molecular formula is C10H15ClFN3. The van der Waals surface area contributed by atoms with Crippen molar-refractivity contribution in [1.29, 1.82) is 0 Å². The first-order chi connectivity index (χ1) is 7.19. The number of rotatable bonds is 5. The van der Waals surface area contributed by atoms with Crippen molar-refractivity contribution in [3.63, 3.8) is 0 Å². The second kappa shape index (κ2) is 5.85. The Bertz CT molecular complexity index is 320. The fourth-order valence-corrected chi connectivity index (χ4v) is 1.55. The molecule has 84 valence electrons. The molecular weight excluding hydrogens is 217 g/mol. The van der Waals surface area contributed by atoms with E-state index in [0.29, 0.717) is 18.0 Å². The van der Waals surface area contributed by atoms with Crippen LogP contribution in [0.1, 0.15) is 26.0 Å². The maximum absolute atomic E-state index is 13.7. The van der Waals surface area contributed by atoms with Crippen LogP contribution in [0.15, 0.2) is 6.33 Å². The lowest BCUT2D eigenvalue weighted by atomic mass is 10.2. The van der Waals surface area contributed by atoms with Gasteiger partial charge in [0.1, 0.15) is 6.33 Å². The van der Waals surface area contributed by atoms with E-state index >= 15 is 0 Å². The Labute approximate surface area is 94.1 Å². The van der Waals surface area contributed by atoms with E-state index < -0.39 is 0 Å². The number of halogens is 2. The molecule has 0 amide bonds. The minimum atomic E-state index is -0.360. The van der Waals surface area contributed by atoms with Gasteiger partial charge in [0, 0.05) is 11.9 Å². The van der Waals surface area contributed by atoms with Crippen LogP contribution in [0, 0.1) is 5.82 Å². The van der Waals surface area contributed by atoms with Crippen LogP contribution in [0.3, 0.4) is 0 Å². The predicted octanol–water partition coefficient (Wildman–Crippen LogP) is 2.61. The highest BCUT2D eigenvalue weighted by Crippen LogP contribution is 2.14. The first-order valence-corrected chi connectivity index (χ1v) is 5.54. The quantitative estimate of drug-likeness (QED) is 0.792. The minimum absolute atomic E-state index is 0.108. The van der Waals surface area contributed by atoms with Gasteiger partial charge in [0.15, 0.2) is 11.6 Å². The largest absolute Gasteiger partial charge is 0.365 e. The van der Waals surface area contributed by atoms with E-state index in [0.717, 1.165) is 6.42 Å². The Morgan fingerprint density at radius 3 is 2.87 bits per heavy atom. The maximum atomic E-state index is 13.7. The van der Waals surface area contributed by atoms with Gasteiger partial charge in [0.05, 0.1) is 5.69 Å². The lowest BCUT2D eigenvalue weighted by molar-refractivity contribution is 0.592. The van der Waals surface area contributed by atoms with Gasteiger partial charge >= 0.3 is 0 Å². The normalized spacial score (nSPS) is 12.5. The van der Waals surface area contributed by atoms with Crippen LogP contribution in [0.5, 0.6) is 0 Å². The van der Waals surface area contributed by atoms with Crippen LogP contribution < -0.4 is 5.32 Å². The van der Waals surface area contributed by atoms with Gasteiger partial charge < -0.3 is 5.32 Å². The van der Waals surface area contributed by atoms with E-state index in [2.05, 4.69) is 15.3 Å². The molecule has 1 rings (SSSR count). The van der Waals surface area contributed by atoms with Gasteiger partial charge in [-0.15, -0.1) is 11.6 Å². The van der Waals surface area contributed by atoms with Crippen molar-refractivity contribution in [3.05, 3.63) is 17.8 Å². The summed E-state index contributed by atoms with van der Waals surface area (Å²) in [5.74, 6) is 0.447. The highest BCUT2D eigenvalue weighted by molar-refractivity contribution is 6.17. The first-order valence-electron chi connectivity index (χ1n) is 5.00. The van der Waals surface area contributed by atoms with Crippen LogP contribution in [0.25, 0.3) is 0 Å². The Morgan fingerprint density at radius 2 is 2.27 bits per heavy atom. The van der Waals surface area contributed by atoms with Gasteiger partial charge in [-0.2, -0.15) is 0 Å². The summed E-state index contributed by atoms with van der Waals surface area (Å²) in [6.07, 6.45) is 2.71. The topological polar surface area (TPSA) is 37.8 Å². The molecule has 1 unspecified atom stereocenters. The van der Waals surface area contributed by atoms with E-state index in [9.17, 15) is 4.39 Å². The van der Waals surface area contributed by atoms with E-state index in [1.165, 1.54) is 6.33 Å². The molecule has 0 bridgehead atoms. The van der Waals surface area contributed by atoms with Gasteiger partial charge in [0.2, 0.25) is 0 Å². The average Bonchev–Trinajstić information content (AvgIpc) is 2.21. The molecule has 0 aliphatic heterocycles. The van der Waals surface area contributed by atoms with E-state index in [1.54, 1.807) is 0 Å². The summed E-state index contributed by atoms with van der Waals surface area (Å²) in [5.41, 5.74) is 0.436. The molecule has 0 saturated carbocycles. The second-order valence-corrected chi connectivity index (χ2v) is 3.74. The molecule has 15 heavy (non-hydrogen) atoms. The maximum Gasteiger partial charge on any atom is 0.186 e. The summed E-state index contributed by atoms with van der Waals surface area (Å²) >= 11 is 5.59. The van der Waals surface area contributed by atoms with Crippen molar-refractivity contribution < 1.29 is 4.39 Å². The number of hydrogen-bond donors (Lipinski definition) is 1. The van der Waals surface area contributed by atoms with E-state index in [-0.39, 0.29) is 17.7 Å². The summed E-state index contributed by atoms with van der Waals surface area (Å²) in [7, 11) is 0. The van der Waals surface area contributed by atoms with Crippen molar-refractivity contribution in [1.82, 2.24) is 9.97 Å². The molecule has 0 aliphatic rings. The smallest absolute Gasteiger partial charge is 0.186 e. The van der Waals surface area contributed by atoms with Gasteiger partial charge in [-0.25, -0.2) is 14.4 Å². The summed E-state index contributed by atoms with van der Waals surface area (Å²) in [6, 6.07) is 0.108. The summed E-state index contributed by atoms with van der Waals surface area (Å²) in [5, 5.41) is 2.98. The number of aromatic nitrogens is 2. The molecule has 3 nitrogen and oxygen atoms in total. The number of nitrogens with one attached hydrogen (secondary N) is 1. The molecule has 0 aliphatic carbocycles. The third-order valence-electron chi connectivity index (χ3n) is 2.12. The Kier molecular flexibility index (Phi) is 4.75. The monoisotopic (exact) mass is 231 g/mol. The average molecular weight is 232 g/mol. The number of hydrogen-bond acceptors (Lipinski definition) is 3. The van der Waals surface area contributed by atoms with Crippen molar-refractivity contribution in [2.24, 2.45) is 0 Å². The van der Waals surface area contributed by atoms with E-state index in [4.69, 9.17) is 11.6 Å². The lowest BCUT2D eigenvalue weighted by Crippen LogP contribution is -2.18. The SMILES string of the molecule is CCc1ncnc(NC(C)CCCl)c1F. The molecule has 0 radical (unpaired) electrons. The molecule has 0 aromatic carbocycles. The van der Waals surface area contributed by atoms with Crippen LogP contribution >= 0.6 is 11.6 Å². The summed E-state index contributed by atoms with van der Waals surface area (Å²) < 4.78 is 13.7. The summed E-state index contributed by atoms with van der Waals surface area (Å²) in [6.45, 7) is 3.80. The summed E-state index contributed by atoms with van der Waals surface area (Å²) in [4.78, 5) is 7.73. The molecule has 1 N–H and O–H groups in total. The highest BCUT2D eigenvalue weighted by Gasteiger charge is 2.11. The molecule has 0 saturated heterocycles. The fraction of sp³-hybridized carbons (Fsp3) is 0.600. The van der Waals surface area contributed by atoms with Crippen LogP contribution in [-0.2, 0) is 6.42 Å². The molecule has 1 aromatic rings. The van der Waals surface area contributed by atoms with Crippen LogP contribution in [-0.4, -0.2) is 21.9 Å². The molecule has 0 fully saturated rings. The first kappa shape index (κ1) is 12.2. The zero-order chi connectivity index (χ0) is 11.3. The molecule has 5 heteroatoms. The molecule has 1 aromatic heterocycles. The Morgan fingerprint density at radius 1 is 1.53 bits per heavy atom.